The normalized spacial score (nSPS) is 11.4. The van der Waals surface area contributed by atoms with E-state index in [2.05, 4.69) is 63.0 Å². The molecule has 6 nitrogen and oxygen atoms in total. The number of hydrogen-bond acceptors (Lipinski definition) is 4. The van der Waals surface area contributed by atoms with E-state index in [1.54, 1.807) is 12.1 Å². The van der Waals surface area contributed by atoms with Gasteiger partial charge in [0.1, 0.15) is 5.75 Å². The molecule has 3 aromatic rings. The van der Waals surface area contributed by atoms with Gasteiger partial charge in [-0.15, -0.1) is 10.2 Å². The Morgan fingerprint density at radius 1 is 1.19 bits per heavy atom. The van der Waals surface area contributed by atoms with Crippen LogP contribution in [0.1, 0.15) is 5.56 Å². The number of aromatic hydroxyl groups is 1. The lowest BCUT2D eigenvalue weighted by Gasteiger charge is -2.08. The summed E-state index contributed by atoms with van der Waals surface area (Å²) in [6.45, 7) is 1.64. The van der Waals surface area contributed by atoms with Crippen molar-refractivity contribution in [2.75, 3.05) is 6.61 Å². The smallest absolute Gasteiger partial charge is 0.302 e. The second-order valence-electron chi connectivity index (χ2n) is 5.45. The number of amides is 1. The van der Waals surface area contributed by atoms with Crippen LogP contribution < -0.4 is 4.74 Å². The van der Waals surface area contributed by atoms with Gasteiger partial charge in [0.25, 0.3) is 0 Å². The first-order chi connectivity index (χ1) is 12.3. The van der Waals surface area contributed by atoms with Crippen LogP contribution in [0.2, 0.25) is 0 Å². The Balaban J connectivity index is 1.75. The number of fused-ring (bicyclic) bond motifs is 1. The van der Waals surface area contributed by atoms with Gasteiger partial charge in [-0.1, -0.05) is 27.6 Å². The summed E-state index contributed by atoms with van der Waals surface area (Å²) in [6, 6.07) is 9.21. The summed E-state index contributed by atoms with van der Waals surface area (Å²) in [5.74, 6) is -0.225. The minimum absolute atomic E-state index is 0.138. The molecule has 0 unspecified atom stereocenters. The zero-order valence-corrected chi connectivity index (χ0v) is 18.1. The molecule has 0 aliphatic heterocycles. The van der Waals surface area contributed by atoms with E-state index < -0.39 is 5.91 Å². The lowest BCUT2D eigenvalue weighted by Crippen LogP contribution is -2.08. The van der Waals surface area contributed by atoms with Gasteiger partial charge >= 0.3 is 5.91 Å². The number of carbonyl (C=O) groups excluding carboxylic acids is 1. The second kappa shape index (κ2) is 7.89. The minimum atomic E-state index is -0.576. The van der Waals surface area contributed by atoms with Gasteiger partial charge in [0.05, 0.1) is 14.5 Å². The van der Waals surface area contributed by atoms with Crippen molar-refractivity contribution in [3.8, 4) is 11.6 Å². The molecule has 1 aromatic heterocycles. The number of H-pyrrole nitrogens is 1. The molecule has 0 saturated heterocycles. The number of benzene rings is 2. The molecule has 3 rings (SSSR count). The van der Waals surface area contributed by atoms with Crippen LogP contribution in [0.5, 0.6) is 11.6 Å². The topological polar surface area (TPSA) is 87.0 Å². The molecule has 134 valence electrons. The standard InChI is InChI=1S/C17H12Br3N3O3/c1-8-2-3-13-10(4-8)15(17(25)21-13)23-22-14(24)7-26-16-11(19)5-9(18)6-12(16)20/h2-6,21,25H,7H2,1H3. The number of rotatable bonds is 4. The van der Waals surface area contributed by atoms with E-state index in [-0.39, 0.29) is 18.2 Å². The molecule has 0 radical (unpaired) electrons. The Morgan fingerprint density at radius 2 is 1.88 bits per heavy atom. The number of hydrogen-bond donors (Lipinski definition) is 2. The van der Waals surface area contributed by atoms with Gasteiger partial charge in [-0.05, 0) is 63.0 Å². The fourth-order valence-corrected chi connectivity index (χ4v) is 4.80. The van der Waals surface area contributed by atoms with E-state index in [1.807, 2.05) is 25.1 Å². The van der Waals surface area contributed by atoms with Crippen molar-refractivity contribution in [2.45, 2.75) is 6.92 Å². The number of aromatic amines is 1. The van der Waals surface area contributed by atoms with Crippen LogP contribution in [0.3, 0.4) is 0 Å². The average molecular weight is 546 g/mol. The molecule has 0 aliphatic carbocycles. The predicted octanol–water partition coefficient (Wildman–Crippen LogP) is 6.16. The maximum Gasteiger partial charge on any atom is 0.302 e. The first-order valence-corrected chi connectivity index (χ1v) is 9.76. The van der Waals surface area contributed by atoms with Gasteiger partial charge in [0.2, 0.25) is 5.88 Å². The molecule has 1 amide bonds. The highest BCUT2D eigenvalue weighted by atomic mass is 79.9. The van der Waals surface area contributed by atoms with Crippen LogP contribution in [0.25, 0.3) is 10.9 Å². The zero-order valence-electron chi connectivity index (χ0n) is 13.4. The van der Waals surface area contributed by atoms with Crippen molar-refractivity contribution >= 4 is 70.3 Å². The summed E-state index contributed by atoms with van der Waals surface area (Å²) in [5, 5.41) is 18.2. The first kappa shape index (κ1) is 19.1. The highest BCUT2D eigenvalue weighted by molar-refractivity contribution is 9.11. The molecule has 26 heavy (non-hydrogen) atoms. The molecule has 0 bridgehead atoms. The van der Waals surface area contributed by atoms with Crippen molar-refractivity contribution in [3.63, 3.8) is 0 Å². The van der Waals surface area contributed by atoms with E-state index in [0.29, 0.717) is 25.6 Å². The monoisotopic (exact) mass is 543 g/mol. The number of ether oxygens (including phenoxy) is 1. The highest BCUT2D eigenvalue weighted by Gasteiger charge is 2.13. The first-order valence-electron chi connectivity index (χ1n) is 7.38. The molecule has 2 N–H and O–H groups in total. The summed E-state index contributed by atoms with van der Waals surface area (Å²) >= 11 is 10.1. The van der Waals surface area contributed by atoms with Crippen molar-refractivity contribution < 1.29 is 14.6 Å². The van der Waals surface area contributed by atoms with Crippen molar-refractivity contribution in [3.05, 3.63) is 49.3 Å². The molecule has 9 heteroatoms. The quantitative estimate of drug-likeness (QED) is 0.385. The van der Waals surface area contributed by atoms with Crippen LogP contribution in [0.15, 0.2) is 54.0 Å². The van der Waals surface area contributed by atoms with Crippen LogP contribution in [0.4, 0.5) is 5.69 Å². The third-order valence-corrected chi connectivity index (χ3v) is 5.11. The summed E-state index contributed by atoms with van der Waals surface area (Å²) in [6.07, 6.45) is 0. The predicted molar refractivity (Wildman–Crippen MR) is 109 cm³/mol. The summed E-state index contributed by atoms with van der Waals surface area (Å²) in [5.41, 5.74) is 1.95. The van der Waals surface area contributed by atoms with Gasteiger partial charge in [-0.2, -0.15) is 0 Å². The molecular formula is C17H12Br3N3O3. The van der Waals surface area contributed by atoms with Crippen molar-refractivity contribution in [1.29, 1.82) is 0 Å². The lowest BCUT2D eigenvalue weighted by molar-refractivity contribution is -0.120. The number of nitrogens with one attached hydrogen (secondary N) is 1. The average Bonchev–Trinajstić information content (AvgIpc) is 2.86. The van der Waals surface area contributed by atoms with Gasteiger partial charge in [-0.25, -0.2) is 0 Å². The Bertz CT molecular complexity index is 1010. The Hall–Kier alpha value is -1.71. The van der Waals surface area contributed by atoms with E-state index in [9.17, 15) is 9.90 Å². The highest BCUT2D eigenvalue weighted by Crippen LogP contribution is 2.37. The van der Waals surface area contributed by atoms with E-state index in [0.717, 1.165) is 10.0 Å². The molecule has 1 heterocycles. The number of carbonyl (C=O) groups is 1. The molecule has 0 saturated carbocycles. The fourth-order valence-electron chi connectivity index (χ4n) is 2.31. The molecule has 0 aliphatic rings. The third kappa shape index (κ3) is 4.16. The summed E-state index contributed by atoms with van der Waals surface area (Å²) in [4.78, 5) is 14.8. The fraction of sp³-hybridized carbons (Fsp3) is 0.118. The second-order valence-corrected chi connectivity index (χ2v) is 8.08. The van der Waals surface area contributed by atoms with Gasteiger partial charge in [0.15, 0.2) is 12.3 Å². The SMILES string of the molecule is Cc1ccc2[nH]c(O)c(N=NC(=O)COc3c(Br)cc(Br)cc3Br)c2c1. The lowest BCUT2D eigenvalue weighted by atomic mass is 10.2. The minimum Gasteiger partial charge on any atom is -0.493 e. The molecule has 0 spiro atoms. The number of aryl methyl sites for hydroxylation is 1. The molecular weight excluding hydrogens is 534 g/mol. The van der Waals surface area contributed by atoms with Crippen LogP contribution in [-0.4, -0.2) is 22.6 Å². The number of halogens is 3. The van der Waals surface area contributed by atoms with Crippen molar-refractivity contribution in [1.82, 2.24) is 4.98 Å². The third-order valence-electron chi connectivity index (χ3n) is 3.47. The van der Waals surface area contributed by atoms with Gasteiger partial charge < -0.3 is 14.8 Å². The van der Waals surface area contributed by atoms with E-state index in [4.69, 9.17) is 4.74 Å². The zero-order chi connectivity index (χ0) is 18.8. The maximum absolute atomic E-state index is 12.0. The number of aromatic nitrogens is 1. The van der Waals surface area contributed by atoms with E-state index in [1.165, 1.54) is 0 Å². The molecule has 2 aromatic carbocycles. The largest absolute Gasteiger partial charge is 0.493 e. The van der Waals surface area contributed by atoms with E-state index >= 15 is 0 Å². The van der Waals surface area contributed by atoms with Crippen LogP contribution >= 0.6 is 47.8 Å². The van der Waals surface area contributed by atoms with Crippen molar-refractivity contribution in [2.24, 2.45) is 10.2 Å². The maximum atomic E-state index is 12.0. The van der Waals surface area contributed by atoms with Crippen LogP contribution in [-0.2, 0) is 4.79 Å². The molecule has 0 fully saturated rings. The van der Waals surface area contributed by atoms with Gasteiger partial charge in [0, 0.05) is 9.86 Å². The van der Waals surface area contributed by atoms with Crippen LogP contribution in [0, 0.1) is 6.92 Å². The number of nitrogens with zero attached hydrogens (tertiary/aromatic N) is 2. The summed E-state index contributed by atoms with van der Waals surface area (Å²) < 4.78 is 7.74. The van der Waals surface area contributed by atoms with Gasteiger partial charge in [-0.3, -0.25) is 4.79 Å². The Kier molecular flexibility index (Phi) is 5.79. The summed E-state index contributed by atoms with van der Waals surface area (Å²) in [7, 11) is 0. The Morgan fingerprint density at radius 3 is 2.58 bits per heavy atom. The molecule has 0 atom stereocenters. The Labute approximate surface area is 174 Å². The number of azo groups is 1.